The fourth-order valence-corrected chi connectivity index (χ4v) is 1.24. The van der Waals surface area contributed by atoms with Gasteiger partial charge >= 0.3 is 0 Å². The van der Waals surface area contributed by atoms with E-state index >= 15 is 0 Å². The van der Waals surface area contributed by atoms with Crippen molar-refractivity contribution in [1.82, 2.24) is 10.2 Å². The molecular formula is C10H11N3O. The van der Waals surface area contributed by atoms with Crippen molar-refractivity contribution in [2.75, 3.05) is 12.4 Å². The SMILES string of the molecule is CNc1ccc(Cc2nnco2)cc1. The molecule has 2 aromatic rings. The molecular weight excluding hydrogens is 178 g/mol. The Kier molecular flexibility index (Phi) is 2.44. The molecule has 72 valence electrons. The maximum Gasteiger partial charge on any atom is 0.220 e. The maximum absolute atomic E-state index is 5.06. The van der Waals surface area contributed by atoms with Gasteiger partial charge in [-0.25, -0.2) is 0 Å². The summed E-state index contributed by atoms with van der Waals surface area (Å²) in [6.07, 6.45) is 2.03. The second-order valence-corrected chi connectivity index (χ2v) is 2.96. The minimum atomic E-state index is 0.641. The Labute approximate surface area is 82.0 Å². The second kappa shape index (κ2) is 3.91. The summed E-state index contributed by atoms with van der Waals surface area (Å²) in [5.74, 6) is 0.641. The van der Waals surface area contributed by atoms with E-state index in [0.29, 0.717) is 12.3 Å². The van der Waals surface area contributed by atoms with E-state index in [9.17, 15) is 0 Å². The van der Waals surface area contributed by atoms with Crippen molar-refractivity contribution >= 4 is 5.69 Å². The molecule has 0 saturated carbocycles. The van der Waals surface area contributed by atoms with E-state index in [2.05, 4.69) is 15.5 Å². The first kappa shape index (κ1) is 8.74. The first-order valence-corrected chi connectivity index (χ1v) is 4.40. The lowest BCUT2D eigenvalue weighted by Gasteiger charge is -2.00. The molecule has 0 radical (unpaired) electrons. The number of nitrogens with zero attached hydrogens (tertiary/aromatic N) is 2. The quantitative estimate of drug-likeness (QED) is 0.798. The van der Waals surface area contributed by atoms with Gasteiger partial charge in [0.2, 0.25) is 12.3 Å². The third-order valence-electron chi connectivity index (χ3n) is 2.00. The standard InChI is InChI=1S/C10H11N3O/c1-11-9-4-2-8(3-5-9)6-10-13-12-7-14-10/h2-5,7,11H,6H2,1H3. The minimum absolute atomic E-state index is 0.641. The van der Waals surface area contributed by atoms with Crippen LogP contribution in [0.1, 0.15) is 11.5 Å². The Balaban J connectivity index is 2.10. The fraction of sp³-hybridized carbons (Fsp3) is 0.200. The van der Waals surface area contributed by atoms with Crippen LogP contribution in [-0.2, 0) is 6.42 Å². The Morgan fingerprint density at radius 3 is 2.64 bits per heavy atom. The van der Waals surface area contributed by atoms with E-state index in [1.54, 1.807) is 0 Å². The maximum atomic E-state index is 5.06. The van der Waals surface area contributed by atoms with Crippen LogP contribution in [0.4, 0.5) is 5.69 Å². The van der Waals surface area contributed by atoms with Crippen LogP contribution >= 0.6 is 0 Å². The van der Waals surface area contributed by atoms with Crippen LogP contribution < -0.4 is 5.32 Å². The average Bonchev–Trinajstić information content (AvgIpc) is 2.72. The lowest BCUT2D eigenvalue weighted by molar-refractivity contribution is 0.505. The molecule has 0 amide bonds. The highest BCUT2D eigenvalue weighted by atomic mass is 16.4. The molecule has 14 heavy (non-hydrogen) atoms. The van der Waals surface area contributed by atoms with Crippen LogP contribution in [0, 0.1) is 0 Å². The largest absolute Gasteiger partial charge is 0.428 e. The molecule has 0 spiro atoms. The molecule has 2 rings (SSSR count). The lowest BCUT2D eigenvalue weighted by Crippen LogP contribution is -1.91. The number of anilines is 1. The van der Waals surface area contributed by atoms with Crippen molar-refractivity contribution in [3.63, 3.8) is 0 Å². The topological polar surface area (TPSA) is 51.0 Å². The van der Waals surface area contributed by atoms with Crippen LogP contribution in [-0.4, -0.2) is 17.2 Å². The van der Waals surface area contributed by atoms with Crippen LogP contribution in [0.15, 0.2) is 35.1 Å². The lowest BCUT2D eigenvalue weighted by atomic mass is 10.1. The molecule has 1 aromatic carbocycles. The Bertz CT molecular complexity index is 380. The molecule has 4 heteroatoms. The molecule has 0 bridgehead atoms. The first-order chi connectivity index (χ1) is 6.88. The first-order valence-electron chi connectivity index (χ1n) is 4.40. The molecule has 1 heterocycles. The molecule has 0 saturated heterocycles. The number of benzene rings is 1. The van der Waals surface area contributed by atoms with E-state index in [0.717, 1.165) is 11.3 Å². The highest BCUT2D eigenvalue weighted by Gasteiger charge is 2.00. The number of aromatic nitrogens is 2. The summed E-state index contributed by atoms with van der Waals surface area (Å²) >= 11 is 0. The highest BCUT2D eigenvalue weighted by Crippen LogP contribution is 2.11. The van der Waals surface area contributed by atoms with Crippen molar-refractivity contribution in [2.24, 2.45) is 0 Å². The van der Waals surface area contributed by atoms with Crippen LogP contribution in [0.25, 0.3) is 0 Å². The number of hydrogen-bond acceptors (Lipinski definition) is 4. The molecule has 4 nitrogen and oxygen atoms in total. The molecule has 1 aromatic heterocycles. The van der Waals surface area contributed by atoms with Crippen molar-refractivity contribution < 1.29 is 4.42 Å². The van der Waals surface area contributed by atoms with Gasteiger partial charge in [-0.3, -0.25) is 0 Å². The van der Waals surface area contributed by atoms with Crippen molar-refractivity contribution in [2.45, 2.75) is 6.42 Å². The smallest absolute Gasteiger partial charge is 0.220 e. The molecule has 0 unspecified atom stereocenters. The third kappa shape index (κ3) is 1.90. The summed E-state index contributed by atoms with van der Waals surface area (Å²) in [5.41, 5.74) is 2.26. The summed E-state index contributed by atoms with van der Waals surface area (Å²) < 4.78 is 5.06. The van der Waals surface area contributed by atoms with Gasteiger partial charge in [0.1, 0.15) is 0 Å². The van der Waals surface area contributed by atoms with Gasteiger partial charge in [-0.05, 0) is 17.7 Å². The zero-order chi connectivity index (χ0) is 9.80. The number of nitrogens with one attached hydrogen (secondary N) is 1. The van der Waals surface area contributed by atoms with Crippen LogP contribution in [0.5, 0.6) is 0 Å². The number of hydrogen-bond donors (Lipinski definition) is 1. The van der Waals surface area contributed by atoms with Crippen molar-refractivity contribution in [3.8, 4) is 0 Å². The molecule has 1 N–H and O–H groups in total. The van der Waals surface area contributed by atoms with Gasteiger partial charge < -0.3 is 9.73 Å². The monoisotopic (exact) mass is 189 g/mol. The zero-order valence-electron chi connectivity index (χ0n) is 7.90. The van der Waals surface area contributed by atoms with E-state index in [1.165, 1.54) is 6.39 Å². The van der Waals surface area contributed by atoms with Gasteiger partial charge in [-0.1, -0.05) is 12.1 Å². The minimum Gasteiger partial charge on any atom is -0.428 e. The summed E-state index contributed by atoms with van der Waals surface area (Å²) in [6, 6.07) is 8.11. The highest BCUT2D eigenvalue weighted by molar-refractivity contribution is 5.44. The van der Waals surface area contributed by atoms with Crippen LogP contribution in [0.3, 0.4) is 0 Å². The van der Waals surface area contributed by atoms with Gasteiger partial charge in [0, 0.05) is 12.7 Å². The molecule has 0 aliphatic rings. The van der Waals surface area contributed by atoms with Crippen molar-refractivity contribution in [1.29, 1.82) is 0 Å². The van der Waals surface area contributed by atoms with E-state index in [4.69, 9.17) is 4.42 Å². The Morgan fingerprint density at radius 1 is 1.29 bits per heavy atom. The van der Waals surface area contributed by atoms with Gasteiger partial charge in [0.25, 0.3) is 0 Å². The number of rotatable bonds is 3. The summed E-state index contributed by atoms with van der Waals surface area (Å²) in [5, 5.41) is 10.5. The average molecular weight is 189 g/mol. The molecule has 0 atom stereocenters. The van der Waals surface area contributed by atoms with E-state index in [1.807, 2.05) is 31.3 Å². The van der Waals surface area contributed by atoms with Gasteiger partial charge in [-0.15, -0.1) is 10.2 Å². The Hall–Kier alpha value is -1.84. The molecule has 0 aliphatic carbocycles. The predicted octanol–water partition coefficient (Wildman–Crippen LogP) is 1.70. The van der Waals surface area contributed by atoms with E-state index < -0.39 is 0 Å². The Morgan fingerprint density at radius 2 is 2.07 bits per heavy atom. The normalized spacial score (nSPS) is 10.1. The van der Waals surface area contributed by atoms with Gasteiger partial charge in [0.15, 0.2) is 0 Å². The second-order valence-electron chi connectivity index (χ2n) is 2.96. The van der Waals surface area contributed by atoms with E-state index in [-0.39, 0.29) is 0 Å². The van der Waals surface area contributed by atoms with Crippen molar-refractivity contribution in [3.05, 3.63) is 42.1 Å². The van der Waals surface area contributed by atoms with Crippen LogP contribution in [0.2, 0.25) is 0 Å². The fourth-order valence-electron chi connectivity index (χ4n) is 1.24. The molecule has 0 aliphatic heterocycles. The summed E-state index contributed by atoms with van der Waals surface area (Å²) in [4.78, 5) is 0. The predicted molar refractivity (Wildman–Crippen MR) is 53.1 cm³/mol. The zero-order valence-corrected chi connectivity index (χ0v) is 7.90. The summed E-state index contributed by atoms with van der Waals surface area (Å²) in [6.45, 7) is 0. The third-order valence-corrected chi connectivity index (χ3v) is 2.00. The summed E-state index contributed by atoms with van der Waals surface area (Å²) in [7, 11) is 1.90. The van der Waals surface area contributed by atoms with Gasteiger partial charge in [0.05, 0.1) is 6.42 Å². The van der Waals surface area contributed by atoms with Gasteiger partial charge in [-0.2, -0.15) is 0 Å². The molecule has 0 fully saturated rings.